The van der Waals surface area contributed by atoms with E-state index in [1.165, 1.54) is 34.1 Å². The molecular weight excluding hydrogens is 370 g/mol. The maximum Gasteiger partial charge on any atom is 1.00 e. The minimum Gasteiger partial charge on any atom is -0.726 e. The number of likely N-dealkylation sites (N-methyl/N-ethyl adjacent to an activating group) is 1. The van der Waals surface area contributed by atoms with E-state index in [4.69, 9.17) is 0 Å². The summed E-state index contributed by atoms with van der Waals surface area (Å²) in [7, 11) is -1.59. The molecule has 13 nitrogen and oxygen atoms in total. The number of azo groups is 1. The first-order chi connectivity index (χ1) is 12.2. The third kappa shape index (κ3) is 5.54. The van der Waals surface area contributed by atoms with E-state index in [1.54, 1.807) is 14.1 Å². The van der Waals surface area contributed by atoms with Gasteiger partial charge in [-0.1, -0.05) is 0 Å². The number of benzene rings is 1. The number of hydrogen-bond donors (Lipinski definition) is 0. The molecule has 0 atom stereocenters. The molecule has 0 aliphatic heterocycles. The van der Waals surface area contributed by atoms with Crippen LogP contribution in [0.1, 0.15) is 1.43 Å². The Hall–Kier alpha value is -2.97. The van der Waals surface area contributed by atoms with Gasteiger partial charge in [-0.25, -0.2) is 8.42 Å². The van der Waals surface area contributed by atoms with Crippen molar-refractivity contribution >= 4 is 33.4 Å². The molecule has 0 bridgehead atoms. The van der Waals surface area contributed by atoms with Crippen molar-refractivity contribution in [2.24, 2.45) is 17.3 Å². The SMILES string of the molecule is CN(CCOS(=O)(=O)[O-])c1ccc(N=Nc2ncn(C)n2)c([N+](=O)[O-])c1.[H+]. The maximum atomic E-state index is 11.3. The molecule has 0 saturated carbocycles. The van der Waals surface area contributed by atoms with Gasteiger partial charge in [0.05, 0.1) is 11.5 Å². The Morgan fingerprint density at radius 2 is 2.15 bits per heavy atom. The zero-order chi connectivity index (χ0) is 19.3. The van der Waals surface area contributed by atoms with E-state index in [2.05, 4.69) is 24.5 Å². The molecule has 0 amide bonds. The van der Waals surface area contributed by atoms with Crippen LogP contribution in [0.3, 0.4) is 0 Å². The van der Waals surface area contributed by atoms with Crippen molar-refractivity contribution < 1.29 is 23.5 Å². The Kier molecular flexibility index (Phi) is 5.91. The van der Waals surface area contributed by atoms with E-state index >= 15 is 0 Å². The van der Waals surface area contributed by atoms with Gasteiger partial charge < -0.3 is 9.45 Å². The van der Waals surface area contributed by atoms with Crippen LogP contribution in [-0.2, 0) is 21.6 Å². The summed E-state index contributed by atoms with van der Waals surface area (Å²) in [5.74, 6) is 0.0546. The molecule has 1 heterocycles. The summed E-state index contributed by atoms with van der Waals surface area (Å²) >= 11 is 0. The summed E-state index contributed by atoms with van der Waals surface area (Å²) in [6, 6.07) is 4.15. The fourth-order valence-electron chi connectivity index (χ4n) is 1.86. The van der Waals surface area contributed by atoms with Crippen molar-refractivity contribution in [1.82, 2.24) is 14.8 Å². The zero-order valence-corrected chi connectivity index (χ0v) is 14.5. The molecule has 2 aromatic rings. The van der Waals surface area contributed by atoms with E-state index in [9.17, 15) is 23.1 Å². The van der Waals surface area contributed by atoms with Crippen molar-refractivity contribution in [3.05, 3.63) is 34.6 Å². The molecule has 0 aliphatic rings. The normalized spacial score (nSPS) is 11.8. The van der Waals surface area contributed by atoms with E-state index in [-0.39, 0.29) is 31.9 Å². The zero-order valence-electron chi connectivity index (χ0n) is 14.7. The molecule has 0 saturated heterocycles. The molecule has 1 aromatic heterocycles. The number of nitro groups is 1. The number of aryl methyl sites for hydroxylation is 1. The first-order valence-corrected chi connectivity index (χ1v) is 8.36. The molecule has 1 aromatic carbocycles. The van der Waals surface area contributed by atoms with Crippen LogP contribution >= 0.6 is 0 Å². The molecule has 140 valence electrons. The Bertz CT molecular complexity index is 932. The number of aromatic nitrogens is 3. The molecule has 0 radical (unpaired) electrons. The van der Waals surface area contributed by atoms with Gasteiger partial charge in [-0.3, -0.25) is 19.0 Å². The quantitative estimate of drug-likeness (QED) is 0.213. The van der Waals surface area contributed by atoms with Crippen LogP contribution in [0.15, 0.2) is 34.8 Å². The molecule has 26 heavy (non-hydrogen) atoms. The van der Waals surface area contributed by atoms with Crippen molar-refractivity contribution in [3.63, 3.8) is 0 Å². The highest BCUT2D eigenvalue weighted by Gasteiger charge is 2.16. The maximum absolute atomic E-state index is 11.3. The number of anilines is 1. The summed E-state index contributed by atoms with van der Waals surface area (Å²) in [4.78, 5) is 15.9. The van der Waals surface area contributed by atoms with Crippen molar-refractivity contribution in [1.29, 1.82) is 0 Å². The molecule has 0 N–H and O–H groups in total. The van der Waals surface area contributed by atoms with Gasteiger partial charge in [0.2, 0.25) is 10.4 Å². The van der Waals surface area contributed by atoms with Gasteiger partial charge in [-0.15, -0.1) is 15.3 Å². The van der Waals surface area contributed by atoms with Crippen LogP contribution < -0.4 is 4.90 Å². The molecule has 0 aliphatic carbocycles. The standard InChI is InChI=1S/C12H15N7O6S/c1-17(5-6-25-26(22,23)24)9-3-4-10(11(7-9)19(20)21)14-15-12-13-8-18(2)16-12/h3-4,7-8H,5-6H2,1-2H3,(H,22,23,24). The Morgan fingerprint density at radius 1 is 1.42 bits per heavy atom. The van der Waals surface area contributed by atoms with Gasteiger partial charge in [0.25, 0.3) is 11.6 Å². The summed E-state index contributed by atoms with van der Waals surface area (Å²) in [5.41, 5.74) is 0.0860. The molecule has 0 spiro atoms. The molecule has 0 unspecified atom stereocenters. The Labute approximate surface area is 149 Å². The number of nitrogens with zero attached hydrogens (tertiary/aromatic N) is 7. The van der Waals surface area contributed by atoms with Crippen LogP contribution in [0.2, 0.25) is 0 Å². The van der Waals surface area contributed by atoms with E-state index < -0.39 is 15.3 Å². The molecular formula is C12H15N7O6S. The highest BCUT2D eigenvalue weighted by Crippen LogP contribution is 2.32. The summed E-state index contributed by atoms with van der Waals surface area (Å²) in [5, 5.41) is 22.7. The lowest BCUT2D eigenvalue weighted by Crippen LogP contribution is -2.23. The lowest BCUT2D eigenvalue weighted by Gasteiger charge is -2.19. The first kappa shape index (κ1) is 19.4. The lowest BCUT2D eigenvalue weighted by molar-refractivity contribution is -0.384. The van der Waals surface area contributed by atoms with Crippen LogP contribution in [0.4, 0.5) is 23.0 Å². The van der Waals surface area contributed by atoms with Crippen LogP contribution in [-0.4, -0.2) is 52.9 Å². The number of hydrogen-bond acceptors (Lipinski definition) is 11. The summed E-state index contributed by atoms with van der Waals surface area (Å²) in [6.45, 7) is -0.361. The first-order valence-electron chi connectivity index (χ1n) is 7.03. The largest absolute Gasteiger partial charge is 1.00 e. The summed E-state index contributed by atoms with van der Waals surface area (Å²) < 4.78 is 36.7. The second-order valence-electron chi connectivity index (χ2n) is 5.00. The van der Waals surface area contributed by atoms with E-state index in [1.807, 2.05) is 0 Å². The topological polar surface area (TPSA) is 168 Å². The predicted molar refractivity (Wildman–Crippen MR) is 88.3 cm³/mol. The third-order valence-electron chi connectivity index (χ3n) is 3.09. The fourth-order valence-corrected chi connectivity index (χ4v) is 2.14. The lowest BCUT2D eigenvalue weighted by atomic mass is 10.2. The highest BCUT2D eigenvalue weighted by atomic mass is 32.3. The second-order valence-corrected chi connectivity index (χ2v) is 6.05. The van der Waals surface area contributed by atoms with Crippen molar-refractivity contribution in [2.75, 3.05) is 25.1 Å². The van der Waals surface area contributed by atoms with E-state index in [0.29, 0.717) is 5.69 Å². The van der Waals surface area contributed by atoms with Gasteiger partial charge in [-0.2, -0.15) is 4.98 Å². The highest BCUT2D eigenvalue weighted by molar-refractivity contribution is 7.80. The minimum absolute atomic E-state index is 0. The second kappa shape index (κ2) is 7.94. The average molecular weight is 385 g/mol. The Balaban J connectivity index is 0.00000364. The van der Waals surface area contributed by atoms with Gasteiger partial charge in [-0.05, 0) is 12.1 Å². The van der Waals surface area contributed by atoms with Crippen LogP contribution in [0.25, 0.3) is 0 Å². The third-order valence-corrected chi connectivity index (χ3v) is 3.54. The minimum atomic E-state index is -4.79. The van der Waals surface area contributed by atoms with Gasteiger partial charge in [0.15, 0.2) is 5.69 Å². The van der Waals surface area contributed by atoms with Crippen LogP contribution in [0, 0.1) is 10.1 Å². The smallest absolute Gasteiger partial charge is 0.726 e. The Morgan fingerprint density at radius 3 is 2.73 bits per heavy atom. The van der Waals surface area contributed by atoms with Gasteiger partial charge in [0.1, 0.15) is 6.33 Å². The van der Waals surface area contributed by atoms with E-state index in [0.717, 1.165) is 0 Å². The van der Waals surface area contributed by atoms with Gasteiger partial charge in [0, 0.05) is 32.4 Å². The number of rotatable bonds is 8. The monoisotopic (exact) mass is 385 g/mol. The fraction of sp³-hybridized carbons (Fsp3) is 0.333. The van der Waals surface area contributed by atoms with Crippen molar-refractivity contribution in [3.8, 4) is 0 Å². The number of nitro benzene ring substituents is 1. The van der Waals surface area contributed by atoms with Crippen LogP contribution in [0.5, 0.6) is 0 Å². The van der Waals surface area contributed by atoms with Crippen molar-refractivity contribution in [2.45, 2.75) is 0 Å². The molecule has 14 heteroatoms. The molecule has 2 rings (SSSR count). The average Bonchev–Trinajstić information content (AvgIpc) is 2.96. The summed E-state index contributed by atoms with van der Waals surface area (Å²) in [6.07, 6.45) is 1.41. The molecule has 0 fully saturated rings. The van der Waals surface area contributed by atoms with Gasteiger partial charge >= 0.3 is 1.43 Å². The predicted octanol–water partition coefficient (Wildman–Crippen LogP) is 1.16.